The zero-order valence-corrected chi connectivity index (χ0v) is 13.3. The van der Waals surface area contributed by atoms with E-state index in [1.807, 2.05) is 24.0 Å². The summed E-state index contributed by atoms with van der Waals surface area (Å²) in [7, 11) is 1.36. The van der Waals surface area contributed by atoms with Crippen LogP contribution in [0.5, 0.6) is 0 Å². The quantitative estimate of drug-likeness (QED) is 0.634. The highest BCUT2D eigenvalue weighted by molar-refractivity contribution is 6.21. The summed E-state index contributed by atoms with van der Waals surface area (Å²) >= 11 is 6.18. The molecule has 1 heterocycles. The summed E-state index contributed by atoms with van der Waals surface area (Å²) in [5.41, 5.74) is 3.23. The van der Waals surface area contributed by atoms with Crippen molar-refractivity contribution in [2.24, 2.45) is 0 Å². The van der Waals surface area contributed by atoms with E-state index in [-0.39, 0.29) is 29.7 Å². The molecular weight excluding hydrogens is 290 g/mol. The number of carbonyl (C=O) groups excluding carboxylic acids is 2. The standard InChI is InChI=1S/C16H20ClNO3/c1-10-6-13-7-12(8-14(17)9-16(20)21-3)4-5-15(13)18(10)11(2)19/h4-5,7,10,14H,6,8-9H2,1-3H3. The predicted molar refractivity (Wildman–Crippen MR) is 82.7 cm³/mol. The molecule has 0 saturated heterocycles. The minimum absolute atomic E-state index is 0.0647. The molecule has 0 saturated carbocycles. The van der Waals surface area contributed by atoms with Crippen LogP contribution in [0.1, 0.15) is 31.4 Å². The summed E-state index contributed by atoms with van der Waals surface area (Å²) in [6, 6.07) is 6.22. The first kappa shape index (κ1) is 15.8. The van der Waals surface area contributed by atoms with Crippen LogP contribution in [-0.2, 0) is 27.2 Å². The van der Waals surface area contributed by atoms with E-state index < -0.39 is 0 Å². The van der Waals surface area contributed by atoms with Crippen molar-refractivity contribution in [1.29, 1.82) is 0 Å². The highest BCUT2D eigenvalue weighted by atomic mass is 35.5. The van der Waals surface area contributed by atoms with E-state index in [9.17, 15) is 9.59 Å². The molecule has 1 aliphatic heterocycles. The van der Waals surface area contributed by atoms with Crippen LogP contribution in [-0.4, -0.2) is 30.4 Å². The monoisotopic (exact) mass is 309 g/mol. The highest BCUT2D eigenvalue weighted by Gasteiger charge is 2.29. The van der Waals surface area contributed by atoms with Gasteiger partial charge in [-0.1, -0.05) is 12.1 Å². The number of benzene rings is 1. The first-order valence-corrected chi connectivity index (χ1v) is 7.48. The smallest absolute Gasteiger partial charge is 0.307 e. The van der Waals surface area contributed by atoms with E-state index in [0.717, 1.165) is 23.2 Å². The van der Waals surface area contributed by atoms with Gasteiger partial charge in [0.2, 0.25) is 5.91 Å². The number of halogens is 1. The molecular formula is C16H20ClNO3. The maximum atomic E-state index is 11.7. The summed E-state index contributed by atoms with van der Waals surface area (Å²) < 4.78 is 4.62. The van der Waals surface area contributed by atoms with Gasteiger partial charge < -0.3 is 9.64 Å². The molecule has 5 heteroatoms. The lowest BCUT2D eigenvalue weighted by Gasteiger charge is -2.20. The van der Waals surface area contributed by atoms with Crippen LogP contribution in [0.2, 0.25) is 0 Å². The van der Waals surface area contributed by atoms with Crippen LogP contribution in [0.15, 0.2) is 18.2 Å². The Hall–Kier alpha value is -1.55. The SMILES string of the molecule is COC(=O)CC(Cl)Cc1ccc2c(c1)CC(C)N2C(C)=O. The number of hydrogen-bond acceptors (Lipinski definition) is 3. The Morgan fingerprint density at radius 2 is 2.19 bits per heavy atom. The Morgan fingerprint density at radius 3 is 2.81 bits per heavy atom. The summed E-state index contributed by atoms with van der Waals surface area (Å²) in [6.45, 7) is 3.63. The molecule has 0 spiro atoms. The number of nitrogens with zero attached hydrogens (tertiary/aromatic N) is 1. The molecule has 114 valence electrons. The van der Waals surface area contributed by atoms with Gasteiger partial charge in [-0.15, -0.1) is 11.6 Å². The van der Waals surface area contributed by atoms with Crippen LogP contribution in [0, 0.1) is 0 Å². The molecule has 0 radical (unpaired) electrons. The minimum Gasteiger partial charge on any atom is -0.469 e. The summed E-state index contributed by atoms with van der Waals surface area (Å²) in [5, 5.41) is -0.279. The minimum atomic E-state index is -0.299. The van der Waals surface area contributed by atoms with Crippen molar-refractivity contribution in [1.82, 2.24) is 0 Å². The van der Waals surface area contributed by atoms with Crippen molar-refractivity contribution < 1.29 is 14.3 Å². The fourth-order valence-electron chi connectivity index (χ4n) is 2.88. The Kier molecular flexibility index (Phi) is 4.88. The van der Waals surface area contributed by atoms with Crippen LogP contribution in [0.3, 0.4) is 0 Å². The van der Waals surface area contributed by atoms with E-state index in [2.05, 4.69) is 10.8 Å². The van der Waals surface area contributed by atoms with E-state index in [1.54, 1.807) is 6.92 Å². The molecule has 2 unspecified atom stereocenters. The fraction of sp³-hybridized carbons (Fsp3) is 0.500. The van der Waals surface area contributed by atoms with Gasteiger partial charge in [-0.25, -0.2) is 0 Å². The van der Waals surface area contributed by atoms with Crippen molar-refractivity contribution in [3.8, 4) is 0 Å². The zero-order chi connectivity index (χ0) is 15.6. The normalized spacial score (nSPS) is 18.3. The summed E-state index contributed by atoms with van der Waals surface area (Å²) in [4.78, 5) is 24.7. The van der Waals surface area contributed by atoms with Gasteiger partial charge in [-0.2, -0.15) is 0 Å². The number of carbonyl (C=O) groups is 2. The first-order valence-electron chi connectivity index (χ1n) is 7.05. The second-order valence-corrected chi connectivity index (χ2v) is 6.10. The van der Waals surface area contributed by atoms with Gasteiger partial charge in [0.25, 0.3) is 0 Å². The molecule has 0 N–H and O–H groups in total. The maximum Gasteiger partial charge on any atom is 0.307 e. The lowest BCUT2D eigenvalue weighted by atomic mass is 10.0. The summed E-state index contributed by atoms with van der Waals surface area (Å²) in [5.74, 6) is -0.234. The highest BCUT2D eigenvalue weighted by Crippen LogP contribution is 2.33. The Balaban J connectivity index is 2.11. The second-order valence-electron chi connectivity index (χ2n) is 5.49. The Labute approximate surface area is 130 Å². The average Bonchev–Trinajstić information content (AvgIpc) is 2.73. The van der Waals surface area contributed by atoms with Gasteiger partial charge in [0.05, 0.1) is 13.5 Å². The lowest BCUT2D eigenvalue weighted by molar-refractivity contribution is -0.140. The predicted octanol–water partition coefficient (Wildman–Crippen LogP) is 2.70. The molecule has 4 nitrogen and oxygen atoms in total. The van der Waals surface area contributed by atoms with Gasteiger partial charge in [0, 0.05) is 24.0 Å². The van der Waals surface area contributed by atoms with Gasteiger partial charge >= 0.3 is 5.97 Å². The van der Waals surface area contributed by atoms with Crippen molar-refractivity contribution >= 4 is 29.2 Å². The number of rotatable bonds is 4. The first-order chi connectivity index (χ1) is 9.92. The van der Waals surface area contributed by atoms with Gasteiger partial charge in [0.15, 0.2) is 0 Å². The number of anilines is 1. The summed E-state index contributed by atoms with van der Waals surface area (Å²) in [6.07, 6.45) is 1.66. The largest absolute Gasteiger partial charge is 0.469 e. The van der Waals surface area contributed by atoms with Crippen molar-refractivity contribution in [3.05, 3.63) is 29.3 Å². The van der Waals surface area contributed by atoms with Crippen LogP contribution < -0.4 is 4.90 Å². The van der Waals surface area contributed by atoms with E-state index in [0.29, 0.717) is 6.42 Å². The molecule has 1 amide bonds. The third-order valence-electron chi connectivity index (χ3n) is 3.77. The third-order valence-corrected chi connectivity index (χ3v) is 4.08. The lowest BCUT2D eigenvalue weighted by Crippen LogP contribution is -2.33. The second kappa shape index (κ2) is 6.48. The molecule has 0 aliphatic carbocycles. The molecule has 1 aromatic carbocycles. The van der Waals surface area contributed by atoms with Gasteiger partial charge in [0.1, 0.15) is 0 Å². The van der Waals surface area contributed by atoms with Crippen molar-refractivity contribution in [3.63, 3.8) is 0 Å². The van der Waals surface area contributed by atoms with E-state index >= 15 is 0 Å². The van der Waals surface area contributed by atoms with E-state index in [4.69, 9.17) is 11.6 Å². The van der Waals surface area contributed by atoms with Crippen molar-refractivity contribution in [2.75, 3.05) is 12.0 Å². The molecule has 1 aromatic rings. The number of alkyl halides is 1. The molecule has 1 aliphatic rings. The number of hydrogen-bond donors (Lipinski definition) is 0. The van der Waals surface area contributed by atoms with Crippen LogP contribution >= 0.6 is 11.6 Å². The maximum absolute atomic E-state index is 11.7. The number of amides is 1. The average molecular weight is 310 g/mol. The molecule has 21 heavy (non-hydrogen) atoms. The number of fused-ring (bicyclic) bond motifs is 1. The molecule has 2 atom stereocenters. The molecule has 0 aromatic heterocycles. The van der Waals surface area contributed by atoms with E-state index in [1.165, 1.54) is 7.11 Å². The Bertz CT molecular complexity index is 558. The topological polar surface area (TPSA) is 46.6 Å². The van der Waals surface area contributed by atoms with Crippen LogP contribution in [0.25, 0.3) is 0 Å². The molecule has 2 rings (SSSR count). The molecule has 0 bridgehead atoms. The van der Waals surface area contributed by atoms with Gasteiger partial charge in [-0.05, 0) is 37.0 Å². The third kappa shape index (κ3) is 3.56. The van der Waals surface area contributed by atoms with Crippen LogP contribution in [0.4, 0.5) is 5.69 Å². The fourth-order valence-corrected chi connectivity index (χ4v) is 3.19. The molecule has 0 fully saturated rings. The Morgan fingerprint density at radius 1 is 1.48 bits per heavy atom. The zero-order valence-electron chi connectivity index (χ0n) is 12.6. The van der Waals surface area contributed by atoms with Gasteiger partial charge in [-0.3, -0.25) is 9.59 Å². The van der Waals surface area contributed by atoms with Crippen molar-refractivity contribution in [2.45, 2.75) is 44.5 Å². The number of ether oxygens (including phenoxy) is 1. The number of methoxy groups -OCH3 is 1. The number of esters is 1.